The predicted molar refractivity (Wildman–Crippen MR) is 123 cm³/mol. The summed E-state index contributed by atoms with van der Waals surface area (Å²) in [7, 11) is 0. The van der Waals surface area contributed by atoms with Gasteiger partial charge < -0.3 is 9.64 Å². The Morgan fingerprint density at radius 2 is 1.50 bits per heavy atom. The minimum atomic E-state index is -0.495. The quantitative estimate of drug-likeness (QED) is 0.541. The van der Waals surface area contributed by atoms with E-state index in [1.54, 1.807) is 0 Å². The van der Waals surface area contributed by atoms with E-state index in [1.165, 1.54) is 11.1 Å². The van der Waals surface area contributed by atoms with Crippen LogP contribution in [0.4, 0.5) is 4.79 Å². The molecule has 2 aromatic carbocycles. The fourth-order valence-electron chi connectivity index (χ4n) is 3.93. The third-order valence-corrected chi connectivity index (χ3v) is 5.86. The standard InChI is InChI=1S/C24H30Cl2N2O2/c1-5-21-16-27(23(29)30-24(2,3)4)14-15-28(21)22(17-6-10-19(25)11-7-17)18-8-12-20(26)13-9-18/h6-13,21-22H,5,14-16H2,1-4H3. The van der Waals surface area contributed by atoms with Gasteiger partial charge in [0.2, 0.25) is 0 Å². The number of ether oxygens (including phenoxy) is 1. The molecule has 0 bridgehead atoms. The molecule has 1 heterocycles. The third kappa shape index (κ3) is 5.69. The largest absolute Gasteiger partial charge is 0.444 e. The van der Waals surface area contributed by atoms with Gasteiger partial charge in [-0.25, -0.2) is 4.79 Å². The molecule has 0 aromatic heterocycles. The van der Waals surface area contributed by atoms with Crippen molar-refractivity contribution >= 4 is 29.3 Å². The lowest BCUT2D eigenvalue weighted by molar-refractivity contribution is -0.00222. The smallest absolute Gasteiger partial charge is 0.410 e. The lowest BCUT2D eigenvalue weighted by atomic mass is 9.94. The summed E-state index contributed by atoms with van der Waals surface area (Å²) in [6, 6.07) is 16.3. The Morgan fingerprint density at radius 1 is 1.00 bits per heavy atom. The molecule has 30 heavy (non-hydrogen) atoms. The number of benzene rings is 2. The van der Waals surface area contributed by atoms with Crippen molar-refractivity contribution in [3.8, 4) is 0 Å². The summed E-state index contributed by atoms with van der Waals surface area (Å²) >= 11 is 12.3. The van der Waals surface area contributed by atoms with Gasteiger partial charge in [-0.2, -0.15) is 0 Å². The topological polar surface area (TPSA) is 32.8 Å². The number of rotatable bonds is 4. The van der Waals surface area contributed by atoms with Crippen LogP contribution in [-0.2, 0) is 4.74 Å². The maximum atomic E-state index is 12.6. The van der Waals surface area contributed by atoms with Crippen molar-refractivity contribution in [2.45, 2.75) is 51.8 Å². The summed E-state index contributed by atoms with van der Waals surface area (Å²) in [6.45, 7) is 9.89. The van der Waals surface area contributed by atoms with Crippen LogP contribution in [0.3, 0.4) is 0 Å². The molecule has 162 valence electrons. The molecule has 0 saturated carbocycles. The Hall–Kier alpha value is -1.75. The molecule has 4 nitrogen and oxygen atoms in total. The van der Waals surface area contributed by atoms with Crippen LogP contribution in [0.5, 0.6) is 0 Å². The molecule has 1 amide bonds. The van der Waals surface area contributed by atoms with Crippen LogP contribution in [0.25, 0.3) is 0 Å². The number of carbonyl (C=O) groups excluding carboxylic acids is 1. The molecule has 6 heteroatoms. The normalized spacial score (nSPS) is 18.0. The van der Waals surface area contributed by atoms with Crippen LogP contribution in [0, 0.1) is 0 Å². The molecule has 1 aliphatic rings. The Morgan fingerprint density at radius 3 is 1.93 bits per heavy atom. The van der Waals surface area contributed by atoms with Crippen molar-refractivity contribution in [1.29, 1.82) is 0 Å². The Bertz CT molecular complexity index is 802. The van der Waals surface area contributed by atoms with Crippen LogP contribution in [-0.4, -0.2) is 47.2 Å². The lowest BCUT2D eigenvalue weighted by Gasteiger charge is -2.45. The number of nitrogens with zero attached hydrogens (tertiary/aromatic N) is 2. The van der Waals surface area contributed by atoms with Crippen molar-refractivity contribution in [2.75, 3.05) is 19.6 Å². The number of amides is 1. The summed E-state index contributed by atoms with van der Waals surface area (Å²) in [5, 5.41) is 1.44. The fourth-order valence-corrected chi connectivity index (χ4v) is 4.18. The van der Waals surface area contributed by atoms with E-state index in [1.807, 2.05) is 49.9 Å². The molecule has 2 aromatic rings. The second kappa shape index (κ2) is 9.59. The van der Waals surface area contributed by atoms with E-state index in [4.69, 9.17) is 27.9 Å². The first kappa shape index (κ1) is 22.9. The summed E-state index contributed by atoms with van der Waals surface area (Å²) in [5.41, 5.74) is 1.85. The molecule has 1 fully saturated rings. The number of piperazine rings is 1. The van der Waals surface area contributed by atoms with E-state index >= 15 is 0 Å². The highest BCUT2D eigenvalue weighted by Crippen LogP contribution is 2.34. The van der Waals surface area contributed by atoms with Gasteiger partial charge in [-0.15, -0.1) is 0 Å². The summed E-state index contributed by atoms with van der Waals surface area (Å²) in [6.07, 6.45) is 0.687. The van der Waals surface area contributed by atoms with E-state index in [0.717, 1.165) is 23.0 Å². The number of carbonyl (C=O) groups is 1. The fraction of sp³-hybridized carbons (Fsp3) is 0.458. The van der Waals surface area contributed by atoms with E-state index in [0.29, 0.717) is 13.1 Å². The van der Waals surface area contributed by atoms with Gasteiger partial charge in [-0.1, -0.05) is 54.4 Å². The average Bonchev–Trinajstić information content (AvgIpc) is 2.70. The molecule has 0 N–H and O–H groups in total. The molecular formula is C24H30Cl2N2O2. The Balaban J connectivity index is 1.88. The highest BCUT2D eigenvalue weighted by Gasteiger charge is 2.35. The number of hydrogen-bond acceptors (Lipinski definition) is 3. The maximum absolute atomic E-state index is 12.6. The van der Waals surface area contributed by atoms with Crippen LogP contribution in [0.15, 0.2) is 48.5 Å². The van der Waals surface area contributed by atoms with Crippen molar-refractivity contribution < 1.29 is 9.53 Å². The minimum absolute atomic E-state index is 0.0604. The van der Waals surface area contributed by atoms with Crippen molar-refractivity contribution in [3.63, 3.8) is 0 Å². The molecule has 0 spiro atoms. The minimum Gasteiger partial charge on any atom is -0.444 e. The maximum Gasteiger partial charge on any atom is 0.410 e. The summed E-state index contributed by atoms with van der Waals surface area (Å²) in [5.74, 6) is 0. The van der Waals surface area contributed by atoms with Crippen LogP contribution in [0.1, 0.15) is 51.3 Å². The zero-order chi connectivity index (χ0) is 21.9. The SMILES string of the molecule is CCC1CN(C(=O)OC(C)(C)C)CCN1C(c1ccc(Cl)cc1)c1ccc(Cl)cc1. The molecular weight excluding hydrogens is 419 g/mol. The predicted octanol–water partition coefficient (Wildman–Crippen LogP) is 6.41. The van der Waals surface area contributed by atoms with Gasteiger partial charge in [0.15, 0.2) is 0 Å². The first-order valence-electron chi connectivity index (χ1n) is 10.4. The van der Waals surface area contributed by atoms with Gasteiger partial charge in [-0.3, -0.25) is 4.90 Å². The Kier molecular flexibility index (Phi) is 7.33. The van der Waals surface area contributed by atoms with Crippen LogP contribution in [0.2, 0.25) is 10.0 Å². The van der Waals surface area contributed by atoms with Gasteiger partial charge in [0, 0.05) is 35.7 Å². The first-order chi connectivity index (χ1) is 14.2. The molecule has 1 unspecified atom stereocenters. The van der Waals surface area contributed by atoms with E-state index in [-0.39, 0.29) is 18.2 Å². The Labute approximate surface area is 189 Å². The van der Waals surface area contributed by atoms with E-state index < -0.39 is 5.60 Å². The highest BCUT2D eigenvalue weighted by atomic mass is 35.5. The van der Waals surface area contributed by atoms with Crippen molar-refractivity contribution in [3.05, 3.63) is 69.7 Å². The van der Waals surface area contributed by atoms with Crippen molar-refractivity contribution in [1.82, 2.24) is 9.80 Å². The second-order valence-corrected chi connectivity index (χ2v) is 9.60. The van der Waals surface area contributed by atoms with Gasteiger partial charge in [0.1, 0.15) is 5.60 Å². The summed E-state index contributed by atoms with van der Waals surface area (Å²) in [4.78, 5) is 16.9. The molecule has 1 atom stereocenters. The number of halogens is 2. The monoisotopic (exact) mass is 448 g/mol. The molecule has 3 rings (SSSR count). The van der Waals surface area contributed by atoms with Crippen molar-refractivity contribution in [2.24, 2.45) is 0 Å². The van der Waals surface area contributed by atoms with Gasteiger partial charge in [-0.05, 0) is 62.6 Å². The second-order valence-electron chi connectivity index (χ2n) is 8.73. The molecule has 1 saturated heterocycles. The average molecular weight is 449 g/mol. The first-order valence-corrected chi connectivity index (χ1v) is 11.2. The van der Waals surface area contributed by atoms with E-state index in [2.05, 4.69) is 36.1 Å². The van der Waals surface area contributed by atoms with Gasteiger partial charge in [0.05, 0.1) is 6.04 Å². The van der Waals surface area contributed by atoms with Gasteiger partial charge in [0.25, 0.3) is 0 Å². The zero-order valence-corrected chi connectivity index (χ0v) is 19.6. The lowest BCUT2D eigenvalue weighted by Crippen LogP contribution is -2.56. The van der Waals surface area contributed by atoms with Crippen LogP contribution >= 0.6 is 23.2 Å². The molecule has 1 aliphatic heterocycles. The summed E-state index contributed by atoms with van der Waals surface area (Å²) < 4.78 is 5.60. The third-order valence-electron chi connectivity index (χ3n) is 5.35. The zero-order valence-electron chi connectivity index (χ0n) is 18.1. The van der Waals surface area contributed by atoms with Gasteiger partial charge >= 0.3 is 6.09 Å². The van der Waals surface area contributed by atoms with Crippen LogP contribution < -0.4 is 0 Å². The molecule has 0 radical (unpaired) electrons. The highest BCUT2D eigenvalue weighted by molar-refractivity contribution is 6.30. The van der Waals surface area contributed by atoms with E-state index in [9.17, 15) is 4.79 Å². The molecule has 0 aliphatic carbocycles. The number of hydrogen-bond donors (Lipinski definition) is 0.